The predicted octanol–water partition coefficient (Wildman–Crippen LogP) is 0.786. The lowest BCUT2D eigenvalue weighted by atomic mass is 10.3. The van der Waals surface area contributed by atoms with Crippen molar-refractivity contribution in [2.75, 3.05) is 33.5 Å². The fourth-order valence-electron chi connectivity index (χ4n) is 1.46. The summed E-state index contributed by atoms with van der Waals surface area (Å²) < 4.78 is 11.4. The second kappa shape index (κ2) is 9.28. The van der Waals surface area contributed by atoms with Crippen molar-refractivity contribution in [2.24, 2.45) is 0 Å². The number of aliphatic hydroxyl groups is 2. The van der Waals surface area contributed by atoms with Crippen molar-refractivity contribution in [3.63, 3.8) is 0 Å². The van der Waals surface area contributed by atoms with E-state index in [2.05, 4.69) is 21.2 Å². The van der Waals surface area contributed by atoms with Crippen LogP contribution in [0.3, 0.4) is 0 Å². The molecule has 19 heavy (non-hydrogen) atoms. The summed E-state index contributed by atoms with van der Waals surface area (Å²) in [6.07, 6.45) is -0.644. The standard InChI is InChI=1S/C13H20BrNO4/c1-18-8-11(7-16)15-6-12(17)9-19-13-4-2-10(14)3-5-13/h2-5,11-12,15-17H,6-9H2,1H3. The third-order valence-corrected chi connectivity index (χ3v) is 3.02. The van der Waals surface area contributed by atoms with Gasteiger partial charge in [-0.15, -0.1) is 0 Å². The van der Waals surface area contributed by atoms with Crippen LogP contribution < -0.4 is 10.1 Å². The summed E-state index contributed by atoms with van der Waals surface area (Å²) in [4.78, 5) is 0. The number of aliphatic hydroxyl groups excluding tert-OH is 2. The van der Waals surface area contributed by atoms with Crippen molar-refractivity contribution < 1.29 is 19.7 Å². The Hall–Kier alpha value is -0.660. The second-order valence-corrected chi connectivity index (χ2v) is 5.08. The van der Waals surface area contributed by atoms with Gasteiger partial charge in [0.2, 0.25) is 0 Å². The van der Waals surface area contributed by atoms with Gasteiger partial charge in [0.05, 0.1) is 19.3 Å². The summed E-state index contributed by atoms with van der Waals surface area (Å²) in [6, 6.07) is 7.23. The average Bonchev–Trinajstić information content (AvgIpc) is 2.42. The minimum Gasteiger partial charge on any atom is -0.491 e. The average molecular weight is 334 g/mol. The van der Waals surface area contributed by atoms with Gasteiger partial charge in [-0.25, -0.2) is 0 Å². The van der Waals surface area contributed by atoms with Crippen molar-refractivity contribution in [2.45, 2.75) is 12.1 Å². The van der Waals surface area contributed by atoms with Crippen molar-refractivity contribution in [1.29, 1.82) is 0 Å². The van der Waals surface area contributed by atoms with Gasteiger partial charge in [0, 0.05) is 18.1 Å². The van der Waals surface area contributed by atoms with Crippen LogP contribution in [-0.4, -0.2) is 55.8 Å². The molecular weight excluding hydrogens is 314 g/mol. The second-order valence-electron chi connectivity index (χ2n) is 4.16. The van der Waals surface area contributed by atoms with Gasteiger partial charge >= 0.3 is 0 Å². The molecule has 5 nitrogen and oxygen atoms in total. The topological polar surface area (TPSA) is 71.0 Å². The number of rotatable bonds is 9. The van der Waals surface area contributed by atoms with Crippen LogP contribution in [0.1, 0.15) is 0 Å². The summed E-state index contributed by atoms with van der Waals surface area (Å²) in [5.74, 6) is 0.706. The molecule has 0 aliphatic heterocycles. The first kappa shape index (κ1) is 16.4. The summed E-state index contributed by atoms with van der Waals surface area (Å²) in [6.45, 7) is 0.899. The Morgan fingerprint density at radius 1 is 1.26 bits per heavy atom. The normalized spacial score (nSPS) is 14.1. The molecule has 1 rings (SSSR count). The van der Waals surface area contributed by atoms with Crippen LogP contribution in [0.2, 0.25) is 0 Å². The van der Waals surface area contributed by atoms with Gasteiger partial charge < -0.3 is 25.0 Å². The molecule has 2 unspecified atom stereocenters. The van der Waals surface area contributed by atoms with E-state index in [9.17, 15) is 5.11 Å². The van der Waals surface area contributed by atoms with Crippen LogP contribution in [0, 0.1) is 0 Å². The summed E-state index contributed by atoms with van der Waals surface area (Å²) >= 11 is 3.34. The molecule has 1 aromatic rings. The molecule has 3 N–H and O–H groups in total. The SMILES string of the molecule is COCC(CO)NCC(O)COc1ccc(Br)cc1. The van der Waals surface area contributed by atoms with Gasteiger partial charge in [0.1, 0.15) is 18.5 Å². The Morgan fingerprint density at radius 3 is 2.53 bits per heavy atom. The van der Waals surface area contributed by atoms with Gasteiger partial charge in [-0.1, -0.05) is 15.9 Å². The first-order valence-electron chi connectivity index (χ1n) is 6.05. The smallest absolute Gasteiger partial charge is 0.119 e. The molecule has 108 valence electrons. The Kier molecular flexibility index (Phi) is 8.00. The number of nitrogens with one attached hydrogen (secondary N) is 1. The molecule has 6 heteroatoms. The molecule has 0 saturated heterocycles. The van der Waals surface area contributed by atoms with E-state index in [0.29, 0.717) is 18.9 Å². The molecule has 0 aliphatic rings. The molecule has 0 spiro atoms. The molecule has 2 atom stereocenters. The maximum atomic E-state index is 9.76. The summed E-state index contributed by atoms with van der Waals surface area (Å²) in [5.41, 5.74) is 0. The first-order chi connectivity index (χ1) is 9.15. The van der Waals surface area contributed by atoms with Gasteiger partial charge in [0.15, 0.2) is 0 Å². The minimum atomic E-state index is -0.644. The van der Waals surface area contributed by atoms with E-state index in [1.165, 1.54) is 0 Å². The zero-order valence-corrected chi connectivity index (χ0v) is 12.5. The van der Waals surface area contributed by atoms with Crippen LogP contribution in [0.4, 0.5) is 0 Å². The molecule has 0 aliphatic carbocycles. The number of hydrogen-bond acceptors (Lipinski definition) is 5. The third-order valence-electron chi connectivity index (χ3n) is 2.49. The molecule has 1 aromatic carbocycles. The molecule has 0 saturated carbocycles. The maximum absolute atomic E-state index is 9.76. The Bertz CT molecular complexity index is 347. The summed E-state index contributed by atoms with van der Waals surface area (Å²) in [5, 5.41) is 21.8. The van der Waals surface area contributed by atoms with E-state index in [4.69, 9.17) is 14.6 Å². The fraction of sp³-hybridized carbons (Fsp3) is 0.538. The maximum Gasteiger partial charge on any atom is 0.119 e. The third kappa shape index (κ3) is 6.89. The number of methoxy groups -OCH3 is 1. The molecular formula is C13H20BrNO4. The Balaban J connectivity index is 2.23. The van der Waals surface area contributed by atoms with Gasteiger partial charge in [0.25, 0.3) is 0 Å². The largest absolute Gasteiger partial charge is 0.491 e. The lowest BCUT2D eigenvalue weighted by molar-refractivity contribution is 0.0854. The van der Waals surface area contributed by atoms with Crippen LogP contribution in [0.5, 0.6) is 5.75 Å². The predicted molar refractivity (Wildman–Crippen MR) is 76.4 cm³/mol. The lowest BCUT2D eigenvalue weighted by Crippen LogP contribution is -2.42. The highest BCUT2D eigenvalue weighted by molar-refractivity contribution is 9.10. The Labute approximate surface area is 121 Å². The van der Waals surface area contributed by atoms with E-state index < -0.39 is 6.10 Å². The monoisotopic (exact) mass is 333 g/mol. The van der Waals surface area contributed by atoms with E-state index in [0.717, 1.165) is 4.47 Å². The van der Waals surface area contributed by atoms with E-state index >= 15 is 0 Å². The Morgan fingerprint density at radius 2 is 1.95 bits per heavy atom. The lowest BCUT2D eigenvalue weighted by Gasteiger charge is -2.18. The molecule has 0 amide bonds. The van der Waals surface area contributed by atoms with Crippen molar-refractivity contribution in [3.05, 3.63) is 28.7 Å². The highest BCUT2D eigenvalue weighted by Gasteiger charge is 2.10. The molecule has 0 aromatic heterocycles. The van der Waals surface area contributed by atoms with Crippen LogP contribution in [0.25, 0.3) is 0 Å². The molecule has 0 heterocycles. The zero-order valence-electron chi connectivity index (χ0n) is 10.9. The van der Waals surface area contributed by atoms with Crippen LogP contribution in [0.15, 0.2) is 28.7 Å². The minimum absolute atomic E-state index is 0.0336. The van der Waals surface area contributed by atoms with E-state index in [-0.39, 0.29) is 19.3 Å². The number of hydrogen-bond donors (Lipinski definition) is 3. The molecule has 0 bridgehead atoms. The van der Waals surface area contributed by atoms with Gasteiger partial charge in [-0.2, -0.15) is 0 Å². The van der Waals surface area contributed by atoms with Crippen molar-refractivity contribution >= 4 is 15.9 Å². The quantitative estimate of drug-likeness (QED) is 0.623. The number of ether oxygens (including phenoxy) is 2. The zero-order chi connectivity index (χ0) is 14.1. The van der Waals surface area contributed by atoms with Gasteiger partial charge in [-0.3, -0.25) is 0 Å². The van der Waals surface area contributed by atoms with Crippen LogP contribution >= 0.6 is 15.9 Å². The van der Waals surface area contributed by atoms with Gasteiger partial charge in [-0.05, 0) is 24.3 Å². The van der Waals surface area contributed by atoms with Crippen molar-refractivity contribution in [3.8, 4) is 5.75 Å². The summed E-state index contributed by atoms with van der Waals surface area (Å²) in [7, 11) is 1.57. The molecule has 0 radical (unpaired) electrons. The fourth-order valence-corrected chi connectivity index (χ4v) is 1.73. The van der Waals surface area contributed by atoms with Crippen LogP contribution in [-0.2, 0) is 4.74 Å². The highest BCUT2D eigenvalue weighted by atomic mass is 79.9. The highest BCUT2D eigenvalue weighted by Crippen LogP contribution is 2.16. The van der Waals surface area contributed by atoms with E-state index in [1.807, 2.05) is 24.3 Å². The molecule has 0 fully saturated rings. The van der Waals surface area contributed by atoms with Crippen molar-refractivity contribution in [1.82, 2.24) is 5.32 Å². The number of halogens is 1. The first-order valence-corrected chi connectivity index (χ1v) is 6.84. The van der Waals surface area contributed by atoms with E-state index in [1.54, 1.807) is 7.11 Å². The number of benzene rings is 1.